The number of carbonyl (C=O) groups excluding carboxylic acids is 4. The molecule has 0 aliphatic carbocycles. The van der Waals surface area contributed by atoms with Gasteiger partial charge in [-0.2, -0.15) is 0 Å². The molecule has 0 saturated carbocycles. The van der Waals surface area contributed by atoms with E-state index in [0.717, 1.165) is 4.90 Å². The summed E-state index contributed by atoms with van der Waals surface area (Å²) in [6, 6.07) is -0.926. The molecule has 6 heteroatoms. The van der Waals surface area contributed by atoms with E-state index in [1.807, 2.05) is 0 Å². The number of allylic oxidation sites excluding steroid dienone is 3. The fraction of sp³-hybridized carbons (Fsp3) is 0.333. The third-order valence-corrected chi connectivity index (χ3v) is 3.44. The zero-order valence-corrected chi connectivity index (χ0v) is 11.7. The van der Waals surface area contributed by atoms with E-state index in [9.17, 15) is 19.2 Å². The van der Waals surface area contributed by atoms with Crippen molar-refractivity contribution in [3.05, 3.63) is 36.0 Å². The average Bonchev–Trinajstić information content (AvgIpc) is 2.40. The SMILES string of the molecule is C=C1CC(=O)N([C@@H]2CCC(=O)NC2=O)C(=O)/C1=C/C=C\C. The van der Waals surface area contributed by atoms with Gasteiger partial charge in [0.05, 0.1) is 6.42 Å². The standard InChI is InChI=1S/C15H16N2O4/c1-3-4-5-10-9(2)8-13(19)17(15(10)21)11-6-7-12(18)16-14(11)20/h3-5,11H,2,6-8H2,1H3,(H,16,18,20)/b4-3-,10-5+/t11-/m1/s1. The molecule has 0 bridgehead atoms. The number of rotatable bonds is 2. The fourth-order valence-electron chi connectivity index (χ4n) is 2.38. The van der Waals surface area contributed by atoms with Crippen LogP contribution in [0.2, 0.25) is 0 Å². The summed E-state index contributed by atoms with van der Waals surface area (Å²) in [5.41, 5.74) is 0.754. The van der Waals surface area contributed by atoms with Crippen LogP contribution < -0.4 is 5.32 Å². The molecule has 0 unspecified atom stereocenters. The highest BCUT2D eigenvalue weighted by molar-refractivity contribution is 6.15. The summed E-state index contributed by atoms with van der Waals surface area (Å²) < 4.78 is 0. The van der Waals surface area contributed by atoms with Gasteiger partial charge in [0.2, 0.25) is 17.7 Å². The van der Waals surface area contributed by atoms with Crippen molar-refractivity contribution in [1.29, 1.82) is 0 Å². The summed E-state index contributed by atoms with van der Waals surface area (Å²) >= 11 is 0. The molecule has 4 amide bonds. The zero-order valence-electron chi connectivity index (χ0n) is 11.7. The van der Waals surface area contributed by atoms with Crippen molar-refractivity contribution in [2.45, 2.75) is 32.2 Å². The zero-order chi connectivity index (χ0) is 15.6. The van der Waals surface area contributed by atoms with Crippen molar-refractivity contribution in [3.63, 3.8) is 0 Å². The monoisotopic (exact) mass is 288 g/mol. The van der Waals surface area contributed by atoms with Gasteiger partial charge in [0.1, 0.15) is 6.04 Å². The summed E-state index contributed by atoms with van der Waals surface area (Å²) in [5, 5.41) is 2.16. The Morgan fingerprint density at radius 1 is 1.29 bits per heavy atom. The lowest BCUT2D eigenvalue weighted by molar-refractivity contribution is -0.154. The van der Waals surface area contributed by atoms with Gasteiger partial charge in [-0.1, -0.05) is 18.7 Å². The molecule has 2 rings (SSSR count). The smallest absolute Gasteiger partial charge is 0.261 e. The Kier molecular flexibility index (Phi) is 4.16. The van der Waals surface area contributed by atoms with Crippen molar-refractivity contribution in [1.82, 2.24) is 10.2 Å². The van der Waals surface area contributed by atoms with Crippen molar-refractivity contribution in [2.75, 3.05) is 0 Å². The first-order chi connectivity index (χ1) is 9.95. The number of nitrogens with zero attached hydrogens (tertiary/aromatic N) is 1. The lowest BCUT2D eigenvalue weighted by atomic mass is 9.93. The van der Waals surface area contributed by atoms with Gasteiger partial charge in [0, 0.05) is 12.0 Å². The number of nitrogens with one attached hydrogen (secondary N) is 1. The van der Waals surface area contributed by atoms with Crippen LogP contribution in [-0.4, -0.2) is 34.6 Å². The molecule has 0 aromatic rings. The normalized spacial score (nSPS) is 26.0. The number of piperidine rings is 2. The summed E-state index contributed by atoms with van der Waals surface area (Å²) in [5.74, 6) is -1.99. The van der Waals surface area contributed by atoms with Crippen LogP contribution in [0.1, 0.15) is 26.2 Å². The number of hydrogen-bond acceptors (Lipinski definition) is 4. The molecule has 2 saturated heterocycles. The molecule has 0 aromatic heterocycles. The van der Waals surface area contributed by atoms with Gasteiger partial charge >= 0.3 is 0 Å². The summed E-state index contributed by atoms with van der Waals surface area (Å²) in [4.78, 5) is 48.5. The van der Waals surface area contributed by atoms with E-state index in [1.54, 1.807) is 25.2 Å². The molecule has 110 valence electrons. The maximum atomic E-state index is 12.5. The van der Waals surface area contributed by atoms with Crippen molar-refractivity contribution in [2.24, 2.45) is 0 Å². The Bertz CT molecular complexity index is 601. The van der Waals surface area contributed by atoms with Gasteiger partial charge in [-0.3, -0.25) is 29.4 Å². The van der Waals surface area contributed by atoms with Crippen LogP contribution in [0.25, 0.3) is 0 Å². The molecular formula is C15H16N2O4. The van der Waals surface area contributed by atoms with Gasteiger partial charge in [0.15, 0.2) is 0 Å². The maximum absolute atomic E-state index is 12.5. The van der Waals surface area contributed by atoms with Gasteiger partial charge < -0.3 is 0 Å². The molecule has 0 spiro atoms. The molecule has 2 aliphatic heterocycles. The van der Waals surface area contributed by atoms with Crippen molar-refractivity contribution >= 4 is 23.6 Å². The van der Waals surface area contributed by atoms with Gasteiger partial charge in [-0.25, -0.2) is 0 Å². The van der Waals surface area contributed by atoms with Crippen LogP contribution in [0.4, 0.5) is 0 Å². The minimum Gasteiger partial charge on any atom is -0.295 e. The van der Waals surface area contributed by atoms with Crippen molar-refractivity contribution in [3.8, 4) is 0 Å². The highest BCUT2D eigenvalue weighted by Crippen LogP contribution is 2.27. The number of amides is 4. The highest BCUT2D eigenvalue weighted by Gasteiger charge is 2.42. The molecule has 2 fully saturated rings. The van der Waals surface area contributed by atoms with Crippen LogP contribution in [0, 0.1) is 0 Å². The first kappa shape index (κ1) is 14.9. The first-order valence-electron chi connectivity index (χ1n) is 6.67. The number of hydrogen-bond donors (Lipinski definition) is 1. The molecule has 0 radical (unpaired) electrons. The Labute approximate surface area is 122 Å². The highest BCUT2D eigenvalue weighted by atomic mass is 16.2. The Balaban J connectivity index is 2.32. The summed E-state index contributed by atoms with van der Waals surface area (Å²) in [6.07, 6.45) is 5.27. The Hall–Kier alpha value is -2.50. The second-order valence-corrected chi connectivity index (χ2v) is 4.92. The van der Waals surface area contributed by atoms with Gasteiger partial charge in [-0.15, -0.1) is 0 Å². The third kappa shape index (κ3) is 2.84. The van der Waals surface area contributed by atoms with E-state index in [1.165, 1.54) is 0 Å². The lowest BCUT2D eigenvalue weighted by Gasteiger charge is -2.35. The Morgan fingerprint density at radius 3 is 2.62 bits per heavy atom. The summed E-state index contributed by atoms with van der Waals surface area (Å²) in [6.45, 7) is 5.54. The quantitative estimate of drug-likeness (QED) is 0.596. The van der Waals surface area contributed by atoms with Gasteiger partial charge in [0.25, 0.3) is 5.91 Å². The minimum absolute atomic E-state index is 0.00709. The molecule has 21 heavy (non-hydrogen) atoms. The molecular weight excluding hydrogens is 272 g/mol. The first-order valence-corrected chi connectivity index (χ1v) is 6.67. The summed E-state index contributed by atoms with van der Waals surface area (Å²) in [7, 11) is 0. The number of imide groups is 2. The van der Waals surface area contributed by atoms with E-state index < -0.39 is 23.8 Å². The van der Waals surface area contributed by atoms with Crippen LogP contribution >= 0.6 is 0 Å². The largest absolute Gasteiger partial charge is 0.295 e. The van der Waals surface area contributed by atoms with E-state index in [-0.39, 0.29) is 25.2 Å². The second-order valence-electron chi connectivity index (χ2n) is 4.92. The molecule has 2 heterocycles. The Morgan fingerprint density at radius 2 is 2.00 bits per heavy atom. The van der Waals surface area contributed by atoms with E-state index in [2.05, 4.69) is 11.9 Å². The van der Waals surface area contributed by atoms with E-state index in [4.69, 9.17) is 0 Å². The number of likely N-dealkylation sites (tertiary alicyclic amines) is 1. The van der Waals surface area contributed by atoms with Crippen LogP contribution in [-0.2, 0) is 19.2 Å². The van der Waals surface area contributed by atoms with Crippen LogP contribution in [0.15, 0.2) is 36.0 Å². The molecule has 1 N–H and O–H groups in total. The molecule has 6 nitrogen and oxygen atoms in total. The van der Waals surface area contributed by atoms with Gasteiger partial charge in [-0.05, 0) is 25.0 Å². The van der Waals surface area contributed by atoms with E-state index >= 15 is 0 Å². The maximum Gasteiger partial charge on any atom is 0.261 e. The predicted octanol–water partition coefficient (Wildman–Crippen LogP) is 0.609. The minimum atomic E-state index is -0.926. The topological polar surface area (TPSA) is 83.6 Å². The second kappa shape index (κ2) is 5.87. The molecule has 1 atom stereocenters. The molecule has 0 aromatic carbocycles. The average molecular weight is 288 g/mol. The fourth-order valence-corrected chi connectivity index (χ4v) is 2.38. The van der Waals surface area contributed by atoms with Crippen molar-refractivity contribution < 1.29 is 19.2 Å². The third-order valence-electron chi connectivity index (χ3n) is 3.44. The molecule has 2 aliphatic rings. The van der Waals surface area contributed by atoms with Crippen LogP contribution in [0.5, 0.6) is 0 Å². The van der Waals surface area contributed by atoms with Crippen LogP contribution in [0.3, 0.4) is 0 Å². The number of carbonyl (C=O) groups is 4. The van der Waals surface area contributed by atoms with E-state index in [0.29, 0.717) is 11.1 Å². The predicted molar refractivity (Wildman–Crippen MR) is 74.7 cm³/mol. The lowest BCUT2D eigenvalue weighted by Crippen LogP contribution is -2.57.